The second kappa shape index (κ2) is 6.89. The van der Waals surface area contributed by atoms with Gasteiger partial charge in [0.25, 0.3) is 0 Å². The first-order chi connectivity index (χ1) is 14.1. The van der Waals surface area contributed by atoms with Crippen molar-refractivity contribution < 1.29 is 0 Å². The monoisotopic (exact) mass is 393 g/mol. The van der Waals surface area contributed by atoms with E-state index >= 15 is 0 Å². The number of nitrogens with zero attached hydrogens (tertiary/aromatic N) is 1. The molecule has 2 atom stereocenters. The molecule has 0 unspecified atom stereocenters. The maximum Gasteiger partial charge on any atom is 0.0731 e. The highest BCUT2D eigenvalue weighted by molar-refractivity contribution is 6.82. The van der Waals surface area contributed by atoms with Gasteiger partial charge in [0.1, 0.15) is 0 Å². The van der Waals surface area contributed by atoms with Gasteiger partial charge in [-0.2, -0.15) is 0 Å². The van der Waals surface area contributed by atoms with E-state index < -0.39 is 8.07 Å². The van der Waals surface area contributed by atoms with Crippen LogP contribution in [0.3, 0.4) is 0 Å². The van der Waals surface area contributed by atoms with Crippen molar-refractivity contribution in [3.63, 3.8) is 0 Å². The summed E-state index contributed by atoms with van der Waals surface area (Å²) in [6.07, 6.45) is 4.80. The number of hydrogen-bond donors (Lipinski definition) is 0. The number of aryl methyl sites for hydroxylation is 1. The molecule has 2 heterocycles. The average Bonchev–Trinajstić information content (AvgIpc) is 3.22. The van der Waals surface area contributed by atoms with Crippen LogP contribution < -0.4 is 0 Å². The van der Waals surface area contributed by atoms with Crippen molar-refractivity contribution >= 4 is 8.07 Å². The Morgan fingerprint density at radius 1 is 0.621 bits per heavy atom. The van der Waals surface area contributed by atoms with E-state index in [4.69, 9.17) is 0 Å². The minimum Gasteiger partial charge on any atom is -0.323 e. The Bertz CT molecular complexity index is 1060. The fourth-order valence-electron chi connectivity index (χ4n) is 5.31. The van der Waals surface area contributed by atoms with Crippen LogP contribution in [-0.2, 0) is 0 Å². The van der Waals surface area contributed by atoms with Gasteiger partial charge in [-0.15, -0.1) is 0 Å². The van der Waals surface area contributed by atoms with Crippen LogP contribution in [-0.4, -0.2) is 12.6 Å². The van der Waals surface area contributed by atoms with Crippen molar-refractivity contribution in [1.82, 2.24) is 4.57 Å². The normalized spacial score (nSPS) is 19.8. The van der Waals surface area contributed by atoms with Gasteiger partial charge in [0.05, 0.1) is 8.07 Å². The van der Waals surface area contributed by atoms with Gasteiger partial charge >= 0.3 is 0 Å². The zero-order valence-electron chi connectivity index (χ0n) is 17.3. The molecule has 4 aromatic rings. The maximum absolute atomic E-state index is 2.57. The van der Waals surface area contributed by atoms with Crippen LogP contribution in [0.2, 0.25) is 13.1 Å². The third kappa shape index (κ3) is 2.99. The van der Waals surface area contributed by atoms with Crippen LogP contribution in [0.5, 0.6) is 0 Å². The Morgan fingerprint density at radius 2 is 1.07 bits per heavy atom. The summed E-state index contributed by atoms with van der Waals surface area (Å²) in [5, 5.41) is 0. The highest BCUT2D eigenvalue weighted by atomic mass is 28.3. The molecule has 0 bridgehead atoms. The highest BCUT2D eigenvalue weighted by Gasteiger charge is 2.50. The van der Waals surface area contributed by atoms with Gasteiger partial charge in [0, 0.05) is 29.2 Å². The number of fused-ring (bicyclic) bond motifs is 1. The van der Waals surface area contributed by atoms with Crippen LogP contribution in [0, 0.1) is 6.92 Å². The van der Waals surface area contributed by atoms with Gasteiger partial charge in [-0.25, -0.2) is 0 Å². The molecular formula is C27H27NSi. The number of aromatic nitrogens is 1. The van der Waals surface area contributed by atoms with Gasteiger partial charge in [0.15, 0.2) is 0 Å². The van der Waals surface area contributed by atoms with Crippen LogP contribution in [0.4, 0.5) is 0 Å². The van der Waals surface area contributed by atoms with Crippen molar-refractivity contribution in [3.05, 3.63) is 125 Å². The molecule has 2 heteroatoms. The van der Waals surface area contributed by atoms with E-state index in [9.17, 15) is 0 Å². The van der Waals surface area contributed by atoms with Gasteiger partial charge in [-0.05, 0) is 41.3 Å². The highest BCUT2D eigenvalue weighted by Crippen LogP contribution is 2.53. The molecule has 1 aliphatic rings. The fourth-order valence-corrected chi connectivity index (χ4v) is 9.83. The van der Waals surface area contributed by atoms with E-state index in [0.29, 0.717) is 11.1 Å². The predicted octanol–water partition coefficient (Wildman–Crippen LogP) is 6.85. The molecule has 144 valence electrons. The van der Waals surface area contributed by atoms with Crippen molar-refractivity contribution in [2.24, 2.45) is 0 Å². The zero-order valence-corrected chi connectivity index (χ0v) is 18.3. The topological polar surface area (TPSA) is 4.93 Å². The van der Waals surface area contributed by atoms with E-state index in [1.165, 1.54) is 33.5 Å². The molecule has 0 saturated heterocycles. The van der Waals surface area contributed by atoms with Crippen LogP contribution in [0.25, 0.3) is 5.69 Å². The lowest BCUT2D eigenvalue weighted by Gasteiger charge is -2.33. The van der Waals surface area contributed by atoms with Crippen molar-refractivity contribution in [3.8, 4) is 5.69 Å². The molecule has 0 amide bonds. The van der Waals surface area contributed by atoms with Crippen LogP contribution in [0.15, 0.2) is 97.3 Å². The quantitative estimate of drug-likeness (QED) is 0.335. The first-order valence-electron chi connectivity index (χ1n) is 10.4. The molecule has 5 rings (SSSR count). The second-order valence-electron chi connectivity index (χ2n) is 8.92. The number of benzene rings is 3. The first kappa shape index (κ1) is 18.2. The molecule has 1 aromatic heterocycles. The maximum atomic E-state index is 2.57. The summed E-state index contributed by atoms with van der Waals surface area (Å²) >= 11 is 0. The molecular weight excluding hydrogens is 366 g/mol. The van der Waals surface area contributed by atoms with Gasteiger partial charge in [-0.3, -0.25) is 0 Å². The Labute approximate surface area is 174 Å². The molecule has 29 heavy (non-hydrogen) atoms. The van der Waals surface area contributed by atoms with Crippen LogP contribution in [0.1, 0.15) is 38.9 Å². The molecule has 0 aliphatic carbocycles. The molecule has 0 radical (unpaired) electrons. The van der Waals surface area contributed by atoms with Gasteiger partial charge < -0.3 is 4.57 Å². The zero-order chi connectivity index (χ0) is 20.0. The van der Waals surface area contributed by atoms with E-state index in [2.05, 4.69) is 122 Å². The molecule has 0 spiro atoms. The summed E-state index contributed by atoms with van der Waals surface area (Å²) in [7, 11) is -1.68. The third-order valence-electron chi connectivity index (χ3n) is 6.60. The third-order valence-corrected chi connectivity index (χ3v) is 10.9. The van der Waals surface area contributed by atoms with E-state index in [0.717, 1.165) is 0 Å². The van der Waals surface area contributed by atoms with Crippen LogP contribution >= 0.6 is 0 Å². The summed E-state index contributed by atoms with van der Waals surface area (Å²) in [5.41, 5.74) is 9.52. The van der Waals surface area contributed by atoms with Gasteiger partial charge in [-0.1, -0.05) is 91.5 Å². The predicted molar refractivity (Wildman–Crippen MR) is 125 cm³/mol. The van der Waals surface area contributed by atoms with Crippen molar-refractivity contribution in [1.29, 1.82) is 0 Å². The van der Waals surface area contributed by atoms with Gasteiger partial charge in [0.2, 0.25) is 0 Å². The summed E-state index contributed by atoms with van der Waals surface area (Å²) in [6.45, 7) is 7.28. The molecule has 0 N–H and O–H groups in total. The number of rotatable bonds is 3. The summed E-state index contributed by atoms with van der Waals surface area (Å²) in [4.78, 5) is 0. The SMILES string of the molecule is Cc1ccc(-n2cc3c(c2)[C@H](c2ccccc2)[Si](C)(C)[C@@H]3c2ccccc2)cc1. The van der Waals surface area contributed by atoms with Crippen molar-refractivity contribution in [2.75, 3.05) is 0 Å². The van der Waals surface area contributed by atoms with E-state index in [1.807, 2.05) is 0 Å². The summed E-state index contributed by atoms with van der Waals surface area (Å²) in [6, 6.07) is 31.1. The molecule has 1 aliphatic heterocycles. The largest absolute Gasteiger partial charge is 0.323 e. The fraction of sp³-hybridized carbons (Fsp3) is 0.185. The molecule has 0 fully saturated rings. The average molecular weight is 394 g/mol. The molecule has 1 nitrogen and oxygen atoms in total. The Kier molecular flexibility index (Phi) is 4.33. The lowest BCUT2D eigenvalue weighted by molar-refractivity contribution is 1.01. The number of hydrogen-bond acceptors (Lipinski definition) is 0. The minimum absolute atomic E-state index is 0.510. The van der Waals surface area contributed by atoms with E-state index in [-0.39, 0.29) is 0 Å². The lowest BCUT2D eigenvalue weighted by Crippen LogP contribution is -2.38. The Balaban J connectivity index is 1.71. The van der Waals surface area contributed by atoms with E-state index in [1.54, 1.807) is 0 Å². The molecule has 3 aromatic carbocycles. The first-order valence-corrected chi connectivity index (χ1v) is 13.6. The Hall–Kier alpha value is -2.84. The molecule has 0 saturated carbocycles. The van der Waals surface area contributed by atoms with Crippen molar-refractivity contribution in [2.45, 2.75) is 31.1 Å². The summed E-state index contributed by atoms with van der Waals surface area (Å²) < 4.78 is 2.33. The lowest BCUT2D eigenvalue weighted by atomic mass is 9.99. The summed E-state index contributed by atoms with van der Waals surface area (Å²) in [5.74, 6) is 0. The second-order valence-corrected chi connectivity index (χ2v) is 13.7. The Morgan fingerprint density at radius 3 is 1.52 bits per heavy atom. The standard InChI is InChI=1S/C27H27NSi/c1-20-14-16-23(17-15-20)28-18-24-25(19-28)27(22-12-8-5-9-13-22)29(2,3)26(24)21-10-6-4-7-11-21/h4-19,26-27H,1-3H3/t26-,27+. The smallest absolute Gasteiger partial charge is 0.0731 e. The minimum atomic E-state index is -1.68.